The standard InChI is InChI=1S/C24H23N3O6S2/c1-26-19-11-9-16(13-22(19)34-24(26)29)25-23(28)15-27(35(30,31)18-7-5-4-6-8-18)20-14-17(32-2)10-12-21(20)33-3/h4-14H,15H2,1-3H3,(H,25,28). The molecule has 11 heteroatoms. The van der Waals surface area contributed by atoms with Crippen LogP contribution in [-0.2, 0) is 21.9 Å². The number of fused-ring (bicyclic) bond motifs is 1. The van der Waals surface area contributed by atoms with E-state index in [0.29, 0.717) is 16.1 Å². The van der Waals surface area contributed by atoms with Gasteiger partial charge in [-0.15, -0.1) is 0 Å². The zero-order valence-corrected chi connectivity index (χ0v) is 20.9. The van der Waals surface area contributed by atoms with Crippen molar-refractivity contribution in [2.24, 2.45) is 7.05 Å². The molecule has 1 aromatic heterocycles. The molecule has 0 aliphatic carbocycles. The number of nitrogens with one attached hydrogen (secondary N) is 1. The number of carbonyl (C=O) groups excluding carboxylic acids is 1. The predicted octanol–water partition coefficient (Wildman–Crippen LogP) is 3.45. The Hall–Kier alpha value is -3.83. The molecule has 0 fully saturated rings. The van der Waals surface area contributed by atoms with E-state index in [1.54, 1.807) is 55.6 Å². The van der Waals surface area contributed by atoms with Crippen molar-refractivity contribution >= 4 is 48.9 Å². The number of thiazole rings is 1. The molecule has 0 bridgehead atoms. The summed E-state index contributed by atoms with van der Waals surface area (Å²) in [6, 6.07) is 17.6. The van der Waals surface area contributed by atoms with E-state index in [2.05, 4.69) is 5.32 Å². The molecule has 3 aromatic carbocycles. The maximum absolute atomic E-state index is 13.6. The third-order valence-corrected chi connectivity index (χ3v) is 8.12. The monoisotopic (exact) mass is 513 g/mol. The van der Waals surface area contributed by atoms with Crippen LogP contribution in [0.2, 0.25) is 0 Å². The average molecular weight is 514 g/mol. The van der Waals surface area contributed by atoms with Crippen LogP contribution in [0.1, 0.15) is 0 Å². The number of aryl methyl sites for hydroxylation is 1. The number of amides is 1. The van der Waals surface area contributed by atoms with Gasteiger partial charge >= 0.3 is 4.87 Å². The lowest BCUT2D eigenvalue weighted by molar-refractivity contribution is -0.114. The van der Waals surface area contributed by atoms with Crippen LogP contribution in [0.15, 0.2) is 76.4 Å². The summed E-state index contributed by atoms with van der Waals surface area (Å²) < 4.78 is 41.1. The number of benzene rings is 3. The highest BCUT2D eigenvalue weighted by atomic mass is 32.2. The maximum Gasteiger partial charge on any atom is 0.307 e. The molecule has 0 saturated heterocycles. The Morgan fingerprint density at radius 1 is 1.03 bits per heavy atom. The van der Waals surface area contributed by atoms with Gasteiger partial charge in [-0.25, -0.2) is 8.42 Å². The third kappa shape index (κ3) is 4.86. The summed E-state index contributed by atoms with van der Waals surface area (Å²) in [5.74, 6) is 0.0875. The van der Waals surface area contributed by atoms with Gasteiger partial charge in [-0.1, -0.05) is 29.5 Å². The molecule has 0 unspecified atom stereocenters. The van der Waals surface area contributed by atoms with E-state index in [1.807, 2.05) is 0 Å². The first kappa shape index (κ1) is 24.3. The Kier molecular flexibility index (Phi) is 6.81. The second-order valence-electron chi connectivity index (χ2n) is 7.52. The average Bonchev–Trinajstić information content (AvgIpc) is 3.15. The Morgan fingerprint density at radius 3 is 2.46 bits per heavy atom. The smallest absolute Gasteiger partial charge is 0.307 e. The van der Waals surface area contributed by atoms with Crippen molar-refractivity contribution in [2.75, 3.05) is 30.4 Å². The molecular weight excluding hydrogens is 490 g/mol. The van der Waals surface area contributed by atoms with Gasteiger partial charge in [0, 0.05) is 18.8 Å². The molecule has 0 radical (unpaired) electrons. The van der Waals surface area contributed by atoms with Crippen molar-refractivity contribution in [3.63, 3.8) is 0 Å². The van der Waals surface area contributed by atoms with E-state index >= 15 is 0 Å². The second kappa shape index (κ2) is 9.80. The van der Waals surface area contributed by atoms with Crippen LogP contribution in [0.5, 0.6) is 11.5 Å². The number of hydrogen-bond donors (Lipinski definition) is 1. The van der Waals surface area contributed by atoms with Gasteiger partial charge in [-0.2, -0.15) is 0 Å². The minimum Gasteiger partial charge on any atom is -0.497 e. The van der Waals surface area contributed by atoms with Crippen molar-refractivity contribution < 1.29 is 22.7 Å². The van der Waals surface area contributed by atoms with E-state index in [0.717, 1.165) is 21.2 Å². The second-order valence-corrected chi connectivity index (χ2v) is 10.4. The number of anilines is 2. The quantitative estimate of drug-likeness (QED) is 0.387. The van der Waals surface area contributed by atoms with Crippen molar-refractivity contribution in [1.82, 2.24) is 4.57 Å². The Bertz CT molecular complexity index is 1540. The van der Waals surface area contributed by atoms with Crippen molar-refractivity contribution in [3.8, 4) is 11.5 Å². The molecule has 4 aromatic rings. The third-order valence-electron chi connectivity index (χ3n) is 5.35. The Morgan fingerprint density at radius 2 is 1.77 bits per heavy atom. The topological polar surface area (TPSA) is 107 Å². The number of rotatable bonds is 8. The first-order chi connectivity index (χ1) is 16.7. The van der Waals surface area contributed by atoms with Crippen molar-refractivity contribution in [1.29, 1.82) is 0 Å². The summed E-state index contributed by atoms with van der Waals surface area (Å²) in [5.41, 5.74) is 1.34. The highest BCUT2D eigenvalue weighted by Gasteiger charge is 2.30. The van der Waals surface area contributed by atoms with E-state index in [1.165, 1.54) is 37.0 Å². The number of nitrogens with zero attached hydrogens (tertiary/aromatic N) is 2. The molecular formula is C24H23N3O6S2. The fourth-order valence-electron chi connectivity index (χ4n) is 3.55. The summed E-state index contributed by atoms with van der Waals surface area (Å²) >= 11 is 1.06. The van der Waals surface area contributed by atoms with Crippen LogP contribution >= 0.6 is 11.3 Å². The summed E-state index contributed by atoms with van der Waals surface area (Å²) in [6.45, 7) is -0.524. The first-order valence-electron chi connectivity index (χ1n) is 10.4. The molecule has 1 heterocycles. The van der Waals surface area contributed by atoms with Gasteiger partial charge in [-0.3, -0.25) is 13.9 Å². The molecule has 0 spiro atoms. The van der Waals surface area contributed by atoms with Crippen LogP contribution in [-0.4, -0.2) is 39.7 Å². The lowest BCUT2D eigenvalue weighted by atomic mass is 10.2. The van der Waals surface area contributed by atoms with Crippen molar-refractivity contribution in [3.05, 3.63) is 76.4 Å². The molecule has 182 valence electrons. The summed E-state index contributed by atoms with van der Waals surface area (Å²) in [4.78, 5) is 24.9. The predicted molar refractivity (Wildman–Crippen MR) is 136 cm³/mol. The molecule has 0 aliphatic heterocycles. The van der Waals surface area contributed by atoms with E-state index < -0.39 is 22.5 Å². The van der Waals surface area contributed by atoms with Crippen molar-refractivity contribution in [2.45, 2.75) is 4.90 Å². The van der Waals surface area contributed by atoms with Gasteiger partial charge in [0.1, 0.15) is 18.0 Å². The van der Waals surface area contributed by atoms with Crippen LogP contribution < -0.4 is 24.0 Å². The van der Waals surface area contributed by atoms with Gasteiger partial charge in [0.25, 0.3) is 10.0 Å². The number of hydrogen-bond acceptors (Lipinski definition) is 7. The molecule has 0 saturated carbocycles. The molecule has 1 amide bonds. The van der Waals surface area contributed by atoms with Gasteiger partial charge in [-0.05, 0) is 42.5 Å². The fourth-order valence-corrected chi connectivity index (χ4v) is 5.92. The maximum atomic E-state index is 13.6. The Labute approximate surface area is 206 Å². The number of methoxy groups -OCH3 is 2. The highest BCUT2D eigenvalue weighted by molar-refractivity contribution is 7.92. The minimum atomic E-state index is -4.14. The van der Waals surface area contributed by atoms with Gasteiger partial charge < -0.3 is 19.4 Å². The SMILES string of the molecule is COc1ccc(OC)c(N(CC(=O)Nc2ccc3c(c2)sc(=O)n3C)S(=O)(=O)c2ccccc2)c1. The lowest BCUT2D eigenvalue weighted by Crippen LogP contribution is -2.38. The number of carbonyl (C=O) groups is 1. The van der Waals surface area contributed by atoms with E-state index in [-0.39, 0.29) is 21.2 Å². The fraction of sp³-hybridized carbons (Fsp3) is 0.167. The van der Waals surface area contributed by atoms with Crippen LogP contribution in [0, 0.1) is 0 Å². The molecule has 9 nitrogen and oxygen atoms in total. The number of sulfonamides is 1. The number of ether oxygens (including phenoxy) is 2. The van der Waals surface area contributed by atoms with E-state index in [4.69, 9.17) is 9.47 Å². The Balaban J connectivity index is 1.72. The highest BCUT2D eigenvalue weighted by Crippen LogP contribution is 2.35. The van der Waals surface area contributed by atoms with E-state index in [9.17, 15) is 18.0 Å². The van der Waals surface area contributed by atoms with Gasteiger partial charge in [0.15, 0.2) is 0 Å². The zero-order valence-electron chi connectivity index (χ0n) is 19.2. The molecule has 35 heavy (non-hydrogen) atoms. The first-order valence-corrected chi connectivity index (χ1v) is 12.7. The van der Waals surface area contributed by atoms with Gasteiger partial charge in [0.05, 0.1) is 35.0 Å². The summed E-state index contributed by atoms with van der Waals surface area (Å²) in [6.07, 6.45) is 0. The minimum absolute atomic E-state index is 0.0214. The summed E-state index contributed by atoms with van der Waals surface area (Å²) in [5, 5.41) is 2.73. The zero-order chi connectivity index (χ0) is 25.2. The lowest BCUT2D eigenvalue weighted by Gasteiger charge is -2.26. The normalized spacial score (nSPS) is 11.3. The molecule has 0 atom stereocenters. The number of aromatic nitrogens is 1. The molecule has 1 N–H and O–H groups in total. The molecule has 4 rings (SSSR count). The largest absolute Gasteiger partial charge is 0.497 e. The molecule has 0 aliphatic rings. The van der Waals surface area contributed by atoms with Gasteiger partial charge in [0.2, 0.25) is 5.91 Å². The van der Waals surface area contributed by atoms with Crippen LogP contribution in [0.4, 0.5) is 11.4 Å². The summed E-state index contributed by atoms with van der Waals surface area (Å²) in [7, 11) is 0.409. The van der Waals surface area contributed by atoms with Crippen LogP contribution in [0.3, 0.4) is 0 Å². The van der Waals surface area contributed by atoms with Crippen LogP contribution in [0.25, 0.3) is 10.2 Å².